The first kappa shape index (κ1) is 15.0. The first-order chi connectivity index (χ1) is 10.1. The molecule has 0 bridgehead atoms. The number of rotatable bonds is 4. The number of piperazine rings is 1. The highest BCUT2D eigenvalue weighted by atomic mass is 16.5. The van der Waals surface area contributed by atoms with Gasteiger partial charge in [-0.25, -0.2) is 0 Å². The quantitative estimate of drug-likeness (QED) is 0.920. The van der Waals surface area contributed by atoms with Crippen LogP contribution in [-0.4, -0.2) is 49.8 Å². The minimum atomic E-state index is 0.281. The standard InChI is InChI=1S/C18H28N2O/c1-18(2)16(12-17(18)21-3)20-10-9-19-15(13-20)11-14-7-5-4-6-8-14/h4-8,15-17,19H,9-13H2,1-3H3. The summed E-state index contributed by atoms with van der Waals surface area (Å²) in [6.07, 6.45) is 2.73. The first-order valence-electron chi connectivity index (χ1n) is 8.15. The molecule has 21 heavy (non-hydrogen) atoms. The molecule has 2 aliphatic rings. The van der Waals surface area contributed by atoms with Crippen molar-refractivity contribution in [1.82, 2.24) is 10.2 Å². The maximum atomic E-state index is 5.60. The molecule has 0 radical (unpaired) electrons. The summed E-state index contributed by atoms with van der Waals surface area (Å²) in [6.45, 7) is 8.12. The van der Waals surface area contributed by atoms with E-state index >= 15 is 0 Å². The number of methoxy groups -OCH3 is 1. The van der Waals surface area contributed by atoms with Gasteiger partial charge in [0.2, 0.25) is 0 Å². The van der Waals surface area contributed by atoms with Crippen molar-refractivity contribution in [1.29, 1.82) is 0 Å². The van der Waals surface area contributed by atoms with E-state index in [1.54, 1.807) is 0 Å². The van der Waals surface area contributed by atoms with Crippen molar-refractivity contribution in [3.05, 3.63) is 35.9 Å². The van der Waals surface area contributed by atoms with Gasteiger partial charge in [-0.15, -0.1) is 0 Å². The lowest BCUT2D eigenvalue weighted by Crippen LogP contribution is -2.66. The fourth-order valence-electron chi connectivity index (χ4n) is 4.05. The third-order valence-electron chi connectivity index (χ3n) is 5.46. The van der Waals surface area contributed by atoms with Crippen LogP contribution in [0.15, 0.2) is 30.3 Å². The predicted octanol–water partition coefficient (Wildman–Crippen LogP) is 2.32. The Morgan fingerprint density at radius 3 is 2.71 bits per heavy atom. The van der Waals surface area contributed by atoms with Crippen molar-refractivity contribution in [2.45, 2.75) is 44.9 Å². The fourth-order valence-corrected chi connectivity index (χ4v) is 4.05. The van der Waals surface area contributed by atoms with Crippen LogP contribution in [0.3, 0.4) is 0 Å². The Bertz CT molecular complexity index is 460. The van der Waals surface area contributed by atoms with E-state index in [1.807, 2.05) is 7.11 Å². The number of ether oxygens (including phenoxy) is 1. The summed E-state index contributed by atoms with van der Waals surface area (Å²) in [5.41, 5.74) is 1.71. The molecule has 1 aliphatic carbocycles. The van der Waals surface area contributed by atoms with Gasteiger partial charge in [-0.3, -0.25) is 4.90 Å². The highest BCUT2D eigenvalue weighted by Crippen LogP contribution is 2.45. The number of benzene rings is 1. The molecule has 1 saturated carbocycles. The van der Waals surface area contributed by atoms with Gasteiger partial charge in [0, 0.05) is 44.2 Å². The van der Waals surface area contributed by atoms with Gasteiger partial charge in [0.25, 0.3) is 0 Å². The lowest BCUT2D eigenvalue weighted by Gasteiger charge is -2.57. The summed E-state index contributed by atoms with van der Waals surface area (Å²) in [5.74, 6) is 0. The smallest absolute Gasteiger partial charge is 0.0652 e. The van der Waals surface area contributed by atoms with Gasteiger partial charge in [0.15, 0.2) is 0 Å². The van der Waals surface area contributed by atoms with Crippen LogP contribution < -0.4 is 5.32 Å². The Hall–Kier alpha value is -0.900. The number of hydrogen-bond acceptors (Lipinski definition) is 3. The Kier molecular flexibility index (Phi) is 4.34. The topological polar surface area (TPSA) is 24.5 Å². The van der Waals surface area contributed by atoms with Gasteiger partial charge in [-0.1, -0.05) is 44.2 Å². The van der Waals surface area contributed by atoms with E-state index in [1.165, 1.54) is 12.0 Å². The van der Waals surface area contributed by atoms with E-state index in [0.29, 0.717) is 18.2 Å². The average Bonchev–Trinajstić information content (AvgIpc) is 2.48. The molecule has 1 N–H and O–H groups in total. The molecule has 0 spiro atoms. The lowest BCUT2D eigenvalue weighted by molar-refractivity contribution is -0.141. The van der Waals surface area contributed by atoms with Gasteiger partial charge < -0.3 is 10.1 Å². The molecule has 3 rings (SSSR count). The maximum absolute atomic E-state index is 5.60. The minimum Gasteiger partial charge on any atom is -0.381 e. The van der Waals surface area contributed by atoms with Crippen LogP contribution in [0.1, 0.15) is 25.8 Å². The van der Waals surface area contributed by atoms with E-state index < -0.39 is 0 Å². The second-order valence-corrected chi connectivity index (χ2v) is 7.13. The van der Waals surface area contributed by atoms with Crippen LogP contribution in [0.25, 0.3) is 0 Å². The minimum absolute atomic E-state index is 0.281. The number of nitrogens with zero attached hydrogens (tertiary/aromatic N) is 1. The van der Waals surface area contributed by atoms with Crippen molar-refractivity contribution < 1.29 is 4.74 Å². The predicted molar refractivity (Wildman–Crippen MR) is 86.5 cm³/mol. The zero-order valence-corrected chi connectivity index (χ0v) is 13.5. The Morgan fingerprint density at radius 1 is 1.29 bits per heavy atom. The molecular weight excluding hydrogens is 260 g/mol. The molecule has 3 nitrogen and oxygen atoms in total. The van der Waals surface area contributed by atoms with Crippen LogP contribution in [0.2, 0.25) is 0 Å². The summed E-state index contributed by atoms with van der Waals surface area (Å²) in [6, 6.07) is 12.1. The van der Waals surface area contributed by atoms with Gasteiger partial charge >= 0.3 is 0 Å². The molecule has 1 heterocycles. The third kappa shape index (κ3) is 3.01. The molecule has 1 aromatic carbocycles. The first-order valence-corrected chi connectivity index (χ1v) is 8.15. The Balaban J connectivity index is 1.59. The normalized spacial score (nSPS) is 32.6. The zero-order valence-electron chi connectivity index (χ0n) is 13.5. The average molecular weight is 288 g/mol. The van der Waals surface area contributed by atoms with Crippen LogP contribution >= 0.6 is 0 Å². The molecule has 2 fully saturated rings. The van der Waals surface area contributed by atoms with Crippen LogP contribution in [0, 0.1) is 5.41 Å². The lowest BCUT2D eigenvalue weighted by atomic mass is 9.63. The SMILES string of the molecule is COC1CC(N2CCNC(Cc3ccccc3)C2)C1(C)C. The van der Waals surface area contributed by atoms with Crippen LogP contribution in [0.5, 0.6) is 0 Å². The van der Waals surface area contributed by atoms with Gasteiger partial charge in [0.05, 0.1) is 6.10 Å². The summed E-state index contributed by atoms with van der Waals surface area (Å²) >= 11 is 0. The van der Waals surface area contributed by atoms with Crippen molar-refractivity contribution >= 4 is 0 Å². The highest BCUT2D eigenvalue weighted by molar-refractivity contribution is 5.16. The van der Waals surface area contributed by atoms with Crippen molar-refractivity contribution in [2.24, 2.45) is 5.41 Å². The van der Waals surface area contributed by atoms with Gasteiger partial charge in [0.1, 0.15) is 0 Å². The summed E-state index contributed by atoms with van der Waals surface area (Å²) in [4.78, 5) is 2.68. The largest absolute Gasteiger partial charge is 0.381 e. The maximum Gasteiger partial charge on any atom is 0.0652 e. The van der Waals surface area contributed by atoms with E-state index in [0.717, 1.165) is 26.1 Å². The fraction of sp³-hybridized carbons (Fsp3) is 0.667. The van der Waals surface area contributed by atoms with Crippen molar-refractivity contribution in [2.75, 3.05) is 26.7 Å². The molecule has 0 aromatic heterocycles. The van der Waals surface area contributed by atoms with Crippen molar-refractivity contribution in [3.63, 3.8) is 0 Å². The van der Waals surface area contributed by atoms with E-state index in [-0.39, 0.29) is 5.41 Å². The Morgan fingerprint density at radius 2 is 2.05 bits per heavy atom. The number of nitrogens with one attached hydrogen (secondary N) is 1. The Labute approximate surface area is 128 Å². The second-order valence-electron chi connectivity index (χ2n) is 7.13. The zero-order chi connectivity index (χ0) is 14.9. The van der Waals surface area contributed by atoms with Crippen LogP contribution in [0.4, 0.5) is 0 Å². The molecular formula is C18H28N2O. The summed E-state index contributed by atoms with van der Waals surface area (Å²) in [5, 5.41) is 3.68. The second kappa shape index (κ2) is 6.07. The molecule has 3 unspecified atom stereocenters. The molecule has 1 aromatic rings. The molecule has 1 saturated heterocycles. The van der Waals surface area contributed by atoms with Gasteiger partial charge in [-0.05, 0) is 18.4 Å². The monoisotopic (exact) mass is 288 g/mol. The van der Waals surface area contributed by atoms with Crippen molar-refractivity contribution in [3.8, 4) is 0 Å². The molecule has 116 valence electrons. The third-order valence-corrected chi connectivity index (χ3v) is 5.46. The van der Waals surface area contributed by atoms with Gasteiger partial charge in [-0.2, -0.15) is 0 Å². The molecule has 1 aliphatic heterocycles. The van der Waals surface area contributed by atoms with Crippen LogP contribution in [-0.2, 0) is 11.2 Å². The van der Waals surface area contributed by atoms with E-state index in [4.69, 9.17) is 4.74 Å². The molecule has 3 atom stereocenters. The number of hydrogen-bond donors (Lipinski definition) is 1. The highest BCUT2D eigenvalue weighted by Gasteiger charge is 2.51. The van der Waals surface area contributed by atoms with E-state index in [9.17, 15) is 0 Å². The molecule has 3 heteroatoms. The summed E-state index contributed by atoms with van der Waals surface area (Å²) < 4.78 is 5.60. The molecule has 0 amide bonds. The summed E-state index contributed by atoms with van der Waals surface area (Å²) in [7, 11) is 1.85. The van der Waals surface area contributed by atoms with E-state index in [2.05, 4.69) is 54.4 Å².